The number of anilines is 1. The number of urea groups is 1. The highest BCUT2D eigenvalue weighted by molar-refractivity contribution is 5.92. The van der Waals surface area contributed by atoms with Gasteiger partial charge in [0.1, 0.15) is 0 Å². The molecule has 0 radical (unpaired) electrons. The molecule has 0 atom stereocenters. The number of hydrogen-bond donors (Lipinski definition) is 2. The molecule has 0 spiro atoms. The van der Waals surface area contributed by atoms with E-state index in [1.807, 2.05) is 56.3 Å². The normalized spacial score (nSPS) is 11.0. The number of hydrogen-bond acceptors (Lipinski definition) is 1. The van der Waals surface area contributed by atoms with E-state index in [1.54, 1.807) is 6.20 Å². The number of benzene rings is 2. The first-order valence-electron chi connectivity index (χ1n) is 7.88. The second-order valence-corrected chi connectivity index (χ2v) is 5.98. The van der Waals surface area contributed by atoms with Gasteiger partial charge < -0.3 is 10.6 Å². The molecule has 120 valence electrons. The number of carbonyl (C=O) groups excluding carboxylic acids is 1. The maximum atomic E-state index is 12.1. The molecule has 3 heteroatoms. The molecule has 23 heavy (non-hydrogen) atoms. The highest BCUT2D eigenvalue weighted by Gasteiger charge is 2.11. The van der Waals surface area contributed by atoms with Crippen LogP contribution < -0.4 is 10.6 Å². The molecule has 0 heterocycles. The fraction of sp³-hybridized carbons (Fsp3) is 0.250. The lowest BCUT2D eigenvalue weighted by molar-refractivity contribution is 0.255. The Balaban J connectivity index is 2.05. The monoisotopic (exact) mass is 308 g/mol. The van der Waals surface area contributed by atoms with E-state index < -0.39 is 0 Å². The van der Waals surface area contributed by atoms with Crippen molar-refractivity contribution in [2.24, 2.45) is 0 Å². The predicted octanol–water partition coefficient (Wildman–Crippen LogP) is 5.22. The average molecular weight is 308 g/mol. The molecule has 2 aromatic rings. The van der Waals surface area contributed by atoms with Gasteiger partial charge in [0, 0.05) is 11.9 Å². The van der Waals surface area contributed by atoms with E-state index >= 15 is 0 Å². The minimum absolute atomic E-state index is 0.231. The van der Waals surface area contributed by atoms with Gasteiger partial charge in [-0.2, -0.15) is 0 Å². The van der Waals surface area contributed by atoms with Crippen LogP contribution in [0.4, 0.5) is 10.5 Å². The number of para-hydroxylation sites is 1. The van der Waals surface area contributed by atoms with Crippen molar-refractivity contribution in [2.75, 3.05) is 5.32 Å². The van der Waals surface area contributed by atoms with E-state index in [4.69, 9.17) is 0 Å². The summed E-state index contributed by atoms with van der Waals surface area (Å²) in [7, 11) is 0. The predicted molar refractivity (Wildman–Crippen MR) is 97.6 cm³/mol. The lowest BCUT2D eigenvalue weighted by atomic mass is 9.98. The molecule has 0 saturated carbocycles. The molecule has 0 fully saturated rings. The van der Waals surface area contributed by atoms with E-state index in [1.165, 1.54) is 5.56 Å². The Labute approximate surface area is 138 Å². The molecule has 0 saturated heterocycles. The van der Waals surface area contributed by atoms with E-state index in [9.17, 15) is 4.79 Å². The third kappa shape index (κ3) is 4.46. The zero-order valence-corrected chi connectivity index (χ0v) is 14.2. The molecular weight excluding hydrogens is 284 g/mol. The Hall–Kier alpha value is -2.55. The van der Waals surface area contributed by atoms with Gasteiger partial charge in [0.15, 0.2) is 0 Å². The van der Waals surface area contributed by atoms with E-state index in [0.29, 0.717) is 5.92 Å². The zero-order valence-electron chi connectivity index (χ0n) is 14.2. The highest BCUT2D eigenvalue weighted by atomic mass is 16.2. The summed E-state index contributed by atoms with van der Waals surface area (Å²) in [5.41, 5.74) is 5.36. The Bertz CT molecular complexity index is 717. The molecule has 2 aromatic carbocycles. The first kappa shape index (κ1) is 16.8. The summed E-state index contributed by atoms with van der Waals surface area (Å²) in [6, 6.07) is 13.9. The highest BCUT2D eigenvalue weighted by Crippen LogP contribution is 2.27. The van der Waals surface area contributed by atoms with E-state index in [-0.39, 0.29) is 6.03 Å². The van der Waals surface area contributed by atoms with E-state index in [0.717, 1.165) is 22.4 Å². The number of amides is 2. The molecule has 2 rings (SSSR count). The van der Waals surface area contributed by atoms with Gasteiger partial charge in [-0.3, -0.25) is 0 Å². The molecule has 0 aliphatic rings. The van der Waals surface area contributed by atoms with Gasteiger partial charge in [-0.25, -0.2) is 4.79 Å². The van der Waals surface area contributed by atoms with Crippen LogP contribution in [0.5, 0.6) is 0 Å². The lowest BCUT2D eigenvalue weighted by Gasteiger charge is -2.16. The van der Waals surface area contributed by atoms with Crippen LogP contribution in [0.3, 0.4) is 0 Å². The average Bonchev–Trinajstić information content (AvgIpc) is 2.51. The summed E-state index contributed by atoms with van der Waals surface area (Å²) < 4.78 is 0. The molecule has 0 aromatic heterocycles. The minimum Gasteiger partial charge on any atom is -0.314 e. The third-order valence-corrected chi connectivity index (χ3v) is 3.83. The number of carbonyl (C=O) groups is 1. The van der Waals surface area contributed by atoms with Crippen LogP contribution in [0.15, 0.2) is 48.7 Å². The van der Waals surface area contributed by atoms with Crippen molar-refractivity contribution in [2.45, 2.75) is 33.6 Å². The van der Waals surface area contributed by atoms with Crippen LogP contribution in [0.25, 0.3) is 6.08 Å². The standard InChI is InChI=1S/C20H24N2O/c1-14(2)18-11-7-9-16(4)19(18)22-20(23)21-13-12-17-10-6-5-8-15(17)3/h5-14H,1-4H3,(H2,21,22,23)/b13-12+. The Morgan fingerprint density at radius 1 is 1.00 bits per heavy atom. The number of aryl methyl sites for hydroxylation is 2. The van der Waals surface area contributed by atoms with Crippen molar-refractivity contribution in [3.8, 4) is 0 Å². The maximum Gasteiger partial charge on any atom is 0.323 e. The summed E-state index contributed by atoms with van der Waals surface area (Å²) >= 11 is 0. The van der Waals surface area contributed by atoms with Crippen molar-refractivity contribution >= 4 is 17.8 Å². The largest absolute Gasteiger partial charge is 0.323 e. The number of nitrogens with one attached hydrogen (secondary N) is 2. The minimum atomic E-state index is -0.231. The fourth-order valence-electron chi connectivity index (χ4n) is 2.47. The lowest BCUT2D eigenvalue weighted by Crippen LogP contribution is -2.25. The van der Waals surface area contributed by atoms with Crippen LogP contribution in [0.2, 0.25) is 0 Å². The molecule has 3 nitrogen and oxygen atoms in total. The quantitative estimate of drug-likeness (QED) is 0.799. The van der Waals surface area contributed by atoms with Crippen LogP contribution in [0, 0.1) is 13.8 Å². The number of rotatable bonds is 4. The van der Waals surface area contributed by atoms with Crippen molar-refractivity contribution in [1.29, 1.82) is 0 Å². The molecular formula is C20H24N2O. The van der Waals surface area contributed by atoms with Crippen LogP contribution >= 0.6 is 0 Å². The molecule has 2 amide bonds. The smallest absolute Gasteiger partial charge is 0.314 e. The SMILES string of the molecule is Cc1ccccc1/C=C/NC(=O)Nc1c(C)cccc1C(C)C. The van der Waals surface area contributed by atoms with Gasteiger partial charge in [0.25, 0.3) is 0 Å². The summed E-state index contributed by atoms with van der Waals surface area (Å²) in [5.74, 6) is 0.354. The maximum absolute atomic E-state index is 12.1. The first-order valence-corrected chi connectivity index (χ1v) is 7.88. The molecule has 2 N–H and O–H groups in total. The zero-order chi connectivity index (χ0) is 16.8. The van der Waals surface area contributed by atoms with Crippen molar-refractivity contribution in [3.63, 3.8) is 0 Å². The van der Waals surface area contributed by atoms with Gasteiger partial charge in [-0.05, 0) is 48.1 Å². The molecule has 0 aliphatic heterocycles. The van der Waals surface area contributed by atoms with Crippen molar-refractivity contribution in [3.05, 3.63) is 70.9 Å². The van der Waals surface area contributed by atoms with Crippen LogP contribution in [-0.2, 0) is 0 Å². The van der Waals surface area contributed by atoms with E-state index in [2.05, 4.69) is 30.5 Å². The Morgan fingerprint density at radius 2 is 1.70 bits per heavy atom. The van der Waals surface area contributed by atoms with Crippen molar-refractivity contribution in [1.82, 2.24) is 5.32 Å². The Morgan fingerprint density at radius 3 is 2.39 bits per heavy atom. The van der Waals surface area contributed by atoms with Gasteiger partial charge in [0.05, 0.1) is 0 Å². The second-order valence-electron chi connectivity index (χ2n) is 5.98. The summed E-state index contributed by atoms with van der Waals surface area (Å²) in [4.78, 5) is 12.1. The molecule has 0 aliphatic carbocycles. The third-order valence-electron chi connectivity index (χ3n) is 3.83. The molecule has 0 bridgehead atoms. The Kier molecular flexibility index (Phi) is 5.58. The summed E-state index contributed by atoms with van der Waals surface area (Å²) in [6.45, 7) is 8.29. The summed E-state index contributed by atoms with van der Waals surface area (Å²) in [5, 5.41) is 5.73. The molecule has 0 unspecified atom stereocenters. The van der Waals surface area contributed by atoms with Crippen molar-refractivity contribution < 1.29 is 4.79 Å². The topological polar surface area (TPSA) is 41.1 Å². The second kappa shape index (κ2) is 7.63. The van der Waals surface area contributed by atoms with Gasteiger partial charge in [0.2, 0.25) is 0 Å². The summed E-state index contributed by atoms with van der Waals surface area (Å²) in [6.07, 6.45) is 3.57. The fourth-order valence-corrected chi connectivity index (χ4v) is 2.47. The van der Waals surface area contributed by atoms with Crippen LogP contribution in [0.1, 0.15) is 42.0 Å². The first-order chi connectivity index (χ1) is 11.0. The van der Waals surface area contributed by atoms with Gasteiger partial charge in [-0.1, -0.05) is 56.3 Å². The van der Waals surface area contributed by atoms with Gasteiger partial charge >= 0.3 is 6.03 Å². The van der Waals surface area contributed by atoms with Gasteiger partial charge in [-0.15, -0.1) is 0 Å². The van der Waals surface area contributed by atoms with Crippen LogP contribution in [-0.4, -0.2) is 6.03 Å².